The molecule has 0 saturated carbocycles. The average molecular weight is 260 g/mol. The molecular weight excluding hydrogens is 253 g/mol. The molecule has 0 aliphatic carbocycles. The van der Waals surface area contributed by atoms with E-state index in [9.17, 15) is 13.2 Å². The Morgan fingerprint density at radius 1 is 1.29 bits per heavy atom. The maximum absolute atomic E-state index is 12.2. The van der Waals surface area contributed by atoms with E-state index < -0.39 is 5.51 Å². The Morgan fingerprint density at radius 2 is 2.06 bits per heavy atom. The van der Waals surface area contributed by atoms with Gasteiger partial charge in [-0.05, 0) is 23.9 Å². The number of halogens is 3. The van der Waals surface area contributed by atoms with Crippen molar-refractivity contribution in [2.45, 2.75) is 10.4 Å². The molecule has 1 heterocycles. The third-order valence-corrected chi connectivity index (χ3v) is 2.65. The predicted molar refractivity (Wildman–Crippen MR) is 58.3 cm³/mol. The molecule has 0 spiro atoms. The smallest absolute Gasteiger partial charge is 0.394 e. The van der Waals surface area contributed by atoms with Gasteiger partial charge in [-0.3, -0.25) is 0 Å². The molecule has 1 aromatic heterocycles. The van der Waals surface area contributed by atoms with Crippen molar-refractivity contribution in [2.24, 2.45) is 0 Å². The van der Waals surface area contributed by atoms with E-state index >= 15 is 0 Å². The van der Waals surface area contributed by atoms with Crippen LogP contribution in [0.1, 0.15) is 0 Å². The molecule has 2 aromatic rings. The van der Waals surface area contributed by atoms with E-state index in [-0.39, 0.29) is 22.4 Å². The van der Waals surface area contributed by atoms with Crippen molar-refractivity contribution in [1.82, 2.24) is 5.16 Å². The highest BCUT2D eigenvalue weighted by Crippen LogP contribution is 2.38. The summed E-state index contributed by atoms with van der Waals surface area (Å²) in [6.07, 6.45) is 1.30. The Morgan fingerprint density at radius 3 is 2.65 bits per heavy atom. The van der Waals surface area contributed by atoms with Gasteiger partial charge >= 0.3 is 5.51 Å². The van der Waals surface area contributed by atoms with Crippen LogP contribution >= 0.6 is 11.8 Å². The first-order valence-electron chi connectivity index (χ1n) is 4.52. The molecule has 0 radical (unpaired) electrons. The molecule has 3 nitrogen and oxygen atoms in total. The van der Waals surface area contributed by atoms with Crippen molar-refractivity contribution in [3.05, 3.63) is 30.5 Å². The molecule has 7 heteroatoms. The van der Waals surface area contributed by atoms with E-state index in [1.165, 1.54) is 24.4 Å². The van der Waals surface area contributed by atoms with Gasteiger partial charge in [0, 0.05) is 10.5 Å². The summed E-state index contributed by atoms with van der Waals surface area (Å²) < 4.78 is 41.5. The summed E-state index contributed by atoms with van der Waals surface area (Å²) in [4.78, 5) is 0.0748. The topological polar surface area (TPSA) is 52.0 Å². The van der Waals surface area contributed by atoms with Gasteiger partial charge < -0.3 is 10.3 Å². The normalized spacial score (nSPS) is 11.7. The Labute approximate surface area is 98.8 Å². The monoisotopic (exact) mass is 260 g/mol. The molecule has 0 fully saturated rings. The quantitative estimate of drug-likeness (QED) is 0.839. The number of hydrogen-bond donors (Lipinski definition) is 1. The largest absolute Gasteiger partial charge is 0.446 e. The average Bonchev–Trinajstić information content (AvgIpc) is 2.62. The molecule has 2 N–H and O–H groups in total. The molecule has 2 rings (SSSR count). The van der Waals surface area contributed by atoms with E-state index in [0.717, 1.165) is 0 Å². The molecule has 0 aliphatic heterocycles. The third-order valence-electron chi connectivity index (χ3n) is 1.93. The maximum Gasteiger partial charge on any atom is 0.446 e. The Balaban J connectivity index is 2.32. The minimum absolute atomic E-state index is 0.0748. The van der Waals surface area contributed by atoms with E-state index in [4.69, 9.17) is 10.3 Å². The number of nitrogens with zero attached hydrogens (tertiary/aromatic N) is 1. The number of hydrogen-bond acceptors (Lipinski definition) is 4. The number of anilines is 1. The Kier molecular flexibility index (Phi) is 3.01. The van der Waals surface area contributed by atoms with E-state index in [1.54, 1.807) is 6.07 Å². The van der Waals surface area contributed by atoms with E-state index in [1.807, 2.05) is 0 Å². The van der Waals surface area contributed by atoms with Crippen LogP contribution in [0.3, 0.4) is 0 Å². The second-order valence-corrected chi connectivity index (χ2v) is 4.32. The van der Waals surface area contributed by atoms with Crippen molar-refractivity contribution in [1.29, 1.82) is 0 Å². The summed E-state index contributed by atoms with van der Waals surface area (Å²) in [5, 5.41) is 3.47. The second kappa shape index (κ2) is 4.33. The van der Waals surface area contributed by atoms with Crippen LogP contribution < -0.4 is 5.73 Å². The van der Waals surface area contributed by atoms with Gasteiger partial charge in [0.1, 0.15) is 5.69 Å². The number of nitrogen functional groups attached to an aromatic ring is 1. The number of alkyl halides is 3. The number of thioether (sulfide) groups is 1. The van der Waals surface area contributed by atoms with Crippen molar-refractivity contribution in [2.75, 3.05) is 5.73 Å². The lowest BCUT2D eigenvalue weighted by Gasteiger charge is -2.06. The Bertz CT molecular complexity index is 524. The van der Waals surface area contributed by atoms with Crippen molar-refractivity contribution < 1.29 is 17.7 Å². The lowest BCUT2D eigenvalue weighted by atomic mass is 10.1. The first-order valence-corrected chi connectivity index (χ1v) is 5.34. The molecule has 0 saturated heterocycles. The molecule has 0 aliphatic rings. The minimum Gasteiger partial charge on any atom is -0.394 e. The highest BCUT2D eigenvalue weighted by atomic mass is 32.2. The second-order valence-electron chi connectivity index (χ2n) is 3.19. The van der Waals surface area contributed by atoms with Crippen molar-refractivity contribution in [3.63, 3.8) is 0 Å². The maximum atomic E-state index is 12.2. The standard InChI is InChI=1S/C10H7F3N2OS/c11-10(12,13)17-7-3-1-2-6(4-7)9-8(14)5-15-16-9/h1-5H,14H2. The number of benzene rings is 1. The van der Waals surface area contributed by atoms with E-state index in [2.05, 4.69) is 5.16 Å². The van der Waals surface area contributed by atoms with Crippen LogP contribution in [0.25, 0.3) is 11.3 Å². The zero-order chi connectivity index (χ0) is 12.5. The first-order chi connectivity index (χ1) is 7.96. The summed E-state index contributed by atoms with van der Waals surface area (Å²) in [5.74, 6) is 0.273. The minimum atomic E-state index is -4.31. The van der Waals surface area contributed by atoms with Gasteiger partial charge in [0.2, 0.25) is 0 Å². The van der Waals surface area contributed by atoms with E-state index in [0.29, 0.717) is 11.3 Å². The van der Waals surface area contributed by atoms with Crippen LogP contribution in [0, 0.1) is 0 Å². The van der Waals surface area contributed by atoms with Gasteiger partial charge in [0.15, 0.2) is 5.76 Å². The van der Waals surface area contributed by atoms with Gasteiger partial charge in [-0.25, -0.2) is 0 Å². The lowest BCUT2D eigenvalue weighted by Crippen LogP contribution is -1.98. The number of rotatable bonds is 2. The molecule has 0 atom stereocenters. The molecule has 1 aromatic carbocycles. The molecule has 90 valence electrons. The zero-order valence-corrected chi connectivity index (χ0v) is 9.18. The SMILES string of the molecule is Nc1cnoc1-c1cccc(SC(F)(F)F)c1. The van der Waals surface area contributed by atoms with Crippen LogP contribution in [0.2, 0.25) is 0 Å². The summed E-state index contributed by atoms with van der Waals surface area (Å²) in [5.41, 5.74) is 2.01. The van der Waals surface area contributed by atoms with Gasteiger partial charge in [-0.1, -0.05) is 17.3 Å². The number of nitrogens with two attached hydrogens (primary N) is 1. The number of aromatic nitrogens is 1. The molecule has 0 amide bonds. The summed E-state index contributed by atoms with van der Waals surface area (Å²) in [6, 6.07) is 5.84. The van der Waals surface area contributed by atoms with Crippen LogP contribution in [0.15, 0.2) is 39.9 Å². The fourth-order valence-electron chi connectivity index (χ4n) is 1.30. The molecule has 17 heavy (non-hydrogen) atoms. The first kappa shape index (κ1) is 11.8. The summed E-state index contributed by atoms with van der Waals surface area (Å²) >= 11 is -0.185. The summed E-state index contributed by atoms with van der Waals surface area (Å²) in [6.45, 7) is 0. The van der Waals surface area contributed by atoms with Gasteiger partial charge in [-0.2, -0.15) is 13.2 Å². The highest BCUT2D eigenvalue weighted by Gasteiger charge is 2.29. The lowest BCUT2D eigenvalue weighted by molar-refractivity contribution is -0.0328. The van der Waals surface area contributed by atoms with Gasteiger partial charge in [0.25, 0.3) is 0 Å². The fourth-order valence-corrected chi connectivity index (χ4v) is 1.90. The molecular formula is C10H7F3N2OS. The summed E-state index contributed by atoms with van der Waals surface area (Å²) in [7, 11) is 0. The zero-order valence-electron chi connectivity index (χ0n) is 8.36. The fraction of sp³-hybridized carbons (Fsp3) is 0.100. The molecule has 0 unspecified atom stereocenters. The Hall–Kier alpha value is -1.63. The van der Waals surface area contributed by atoms with Crippen LogP contribution in [0.5, 0.6) is 0 Å². The highest BCUT2D eigenvalue weighted by molar-refractivity contribution is 8.00. The van der Waals surface area contributed by atoms with Gasteiger partial charge in [0.05, 0.1) is 6.20 Å². The van der Waals surface area contributed by atoms with Crippen molar-refractivity contribution in [3.8, 4) is 11.3 Å². The van der Waals surface area contributed by atoms with Crippen LogP contribution in [-0.4, -0.2) is 10.7 Å². The van der Waals surface area contributed by atoms with Crippen molar-refractivity contribution >= 4 is 17.4 Å². The molecule has 0 bridgehead atoms. The van der Waals surface area contributed by atoms with Crippen LogP contribution in [0.4, 0.5) is 18.9 Å². The predicted octanol–water partition coefficient (Wildman–Crippen LogP) is 3.54. The van der Waals surface area contributed by atoms with Gasteiger partial charge in [-0.15, -0.1) is 0 Å². The van der Waals surface area contributed by atoms with Crippen LogP contribution in [-0.2, 0) is 0 Å². The third kappa shape index (κ3) is 2.94.